The Kier molecular flexibility index (Phi) is 9.89. The Balaban J connectivity index is 2.74. The van der Waals surface area contributed by atoms with E-state index in [9.17, 15) is 13.5 Å². The van der Waals surface area contributed by atoms with Gasteiger partial charge in [0.1, 0.15) is 0 Å². The number of hydrogen-bond acceptors (Lipinski definition) is 3. The van der Waals surface area contributed by atoms with Gasteiger partial charge in [-0.15, -0.1) is 0 Å². The van der Waals surface area contributed by atoms with Crippen molar-refractivity contribution in [2.45, 2.75) is 63.5 Å². The van der Waals surface area contributed by atoms with Crippen molar-refractivity contribution < 1.29 is 13.5 Å². The van der Waals surface area contributed by atoms with E-state index in [1.54, 1.807) is 30.3 Å². The molecule has 0 aliphatic carbocycles. The van der Waals surface area contributed by atoms with Crippen LogP contribution in [0, 0.1) is 11.8 Å². The fraction of sp³-hybridized carbons (Fsp3) is 0.545. The third kappa shape index (κ3) is 7.46. The lowest BCUT2D eigenvalue weighted by molar-refractivity contribution is 0.279. The number of hydrogen-bond donors (Lipinski definition) is 1. The largest absolute Gasteiger partial charge is 0.396 e. The molecule has 0 amide bonds. The van der Waals surface area contributed by atoms with Gasteiger partial charge in [-0.3, -0.25) is 0 Å². The molecule has 146 valence electrons. The molecular weight excluding hydrogens is 344 g/mol. The standard InChI is InChI=1S/C22H34O3S/c1-18(2)10-8-11-19(3)12-9-13-20(4)22(16-17-23)26(24,25)21-14-6-5-7-15-21/h5-7,9-10,13-15,19-20,22-23H,8,11-12,16-17H2,1-4H3. The summed E-state index contributed by atoms with van der Waals surface area (Å²) >= 11 is 0. The van der Waals surface area contributed by atoms with Crippen molar-refractivity contribution in [2.75, 3.05) is 6.61 Å². The molecule has 0 saturated heterocycles. The molecule has 0 saturated carbocycles. The third-order valence-electron chi connectivity index (χ3n) is 4.66. The molecule has 3 unspecified atom stereocenters. The highest BCUT2D eigenvalue weighted by Gasteiger charge is 2.30. The van der Waals surface area contributed by atoms with Crippen molar-refractivity contribution in [3.63, 3.8) is 0 Å². The van der Waals surface area contributed by atoms with E-state index in [1.807, 2.05) is 13.0 Å². The maximum absolute atomic E-state index is 12.9. The van der Waals surface area contributed by atoms with Crippen molar-refractivity contribution in [3.8, 4) is 0 Å². The van der Waals surface area contributed by atoms with Crippen LogP contribution >= 0.6 is 0 Å². The molecule has 1 N–H and O–H groups in total. The van der Waals surface area contributed by atoms with Crippen LogP contribution in [-0.2, 0) is 9.84 Å². The highest BCUT2D eigenvalue weighted by Crippen LogP contribution is 2.25. The average Bonchev–Trinajstić information content (AvgIpc) is 2.59. The van der Waals surface area contributed by atoms with Crippen LogP contribution in [0.25, 0.3) is 0 Å². The minimum atomic E-state index is -3.46. The Morgan fingerprint density at radius 1 is 1.12 bits per heavy atom. The molecule has 1 aromatic carbocycles. The van der Waals surface area contributed by atoms with Gasteiger partial charge in [0.05, 0.1) is 10.1 Å². The summed E-state index contributed by atoms with van der Waals surface area (Å²) in [5, 5.41) is 8.75. The lowest BCUT2D eigenvalue weighted by Gasteiger charge is -2.21. The molecular formula is C22H34O3S. The Labute approximate surface area is 159 Å². The summed E-state index contributed by atoms with van der Waals surface area (Å²) in [5.74, 6) is 0.424. The van der Waals surface area contributed by atoms with Crippen LogP contribution in [0.3, 0.4) is 0 Å². The highest BCUT2D eigenvalue weighted by atomic mass is 32.2. The number of benzene rings is 1. The topological polar surface area (TPSA) is 54.4 Å². The quantitative estimate of drug-likeness (QED) is 0.540. The number of aliphatic hydroxyl groups is 1. The monoisotopic (exact) mass is 378 g/mol. The maximum Gasteiger partial charge on any atom is 0.181 e. The summed E-state index contributed by atoms with van der Waals surface area (Å²) in [6, 6.07) is 8.53. The zero-order valence-electron chi connectivity index (χ0n) is 16.6. The van der Waals surface area contributed by atoms with E-state index in [2.05, 4.69) is 32.9 Å². The Bertz CT molecular complexity index is 671. The van der Waals surface area contributed by atoms with Crippen molar-refractivity contribution in [2.24, 2.45) is 11.8 Å². The van der Waals surface area contributed by atoms with Gasteiger partial charge in [-0.25, -0.2) is 8.42 Å². The van der Waals surface area contributed by atoms with Crippen molar-refractivity contribution in [1.82, 2.24) is 0 Å². The molecule has 0 fully saturated rings. The van der Waals surface area contributed by atoms with Gasteiger partial charge in [0.15, 0.2) is 9.84 Å². The summed E-state index contributed by atoms with van der Waals surface area (Å²) < 4.78 is 25.8. The van der Waals surface area contributed by atoms with E-state index in [0.717, 1.165) is 19.3 Å². The first-order chi connectivity index (χ1) is 12.3. The molecule has 4 heteroatoms. The first-order valence-corrected chi connectivity index (χ1v) is 11.0. The first-order valence-electron chi connectivity index (χ1n) is 9.48. The second-order valence-corrected chi connectivity index (χ2v) is 9.56. The molecule has 3 atom stereocenters. The van der Waals surface area contributed by atoms with Crippen LogP contribution in [0.15, 0.2) is 59.0 Å². The predicted molar refractivity (Wildman–Crippen MR) is 110 cm³/mol. The zero-order chi connectivity index (χ0) is 19.6. The lowest BCUT2D eigenvalue weighted by Crippen LogP contribution is -2.28. The van der Waals surface area contributed by atoms with Crippen LogP contribution in [0.1, 0.15) is 53.4 Å². The Morgan fingerprint density at radius 3 is 2.35 bits per heavy atom. The molecule has 0 aliphatic heterocycles. The molecule has 0 heterocycles. The predicted octanol–water partition coefficient (Wildman–Crippen LogP) is 5.18. The van der Waals surface area contributed by atoms with Crippen LogP contribution in [0.5, 0.6) is 0 Å². The lowest BCUT2D eigenvalue weighted by atomic mass is 9.98. The average molecular weight is 379 g/mol. The minimum absolute atomic E-state index is 0.131. The first kappa shape index (κ1) is 22.7. The number of sulfone groups is 1. The molecule has 3 nitrogen and oxygen atoms in total. The number of aliphatic hydroxyl groups excluding tert-OH is 1. The van der Waals surface area contributed by atoms with Crippen LogP contribution in [0.2, 0.25) is 0 Å². The molecule has 0 spiro atoms. The van der Waals surface area contributed by atoms with Crippen molar-refractivity contribution in [1.29, 1.82) is 0 Å². The number of allylic oxidation sites excluding steroid dienone is 4. The Morgan fingerprint density at radius 2 is 1.77 bits per heavy atom. The summed E-state index contributed by atoms with van der Waals surface area (Å²) in [4.78, 5) is 0.328. The van der Waals surface area contributed by atoms with Gasteiger partial charge >= 0.3 is 0 Å². The summed E-state index contributed by atoms with van der Waals surface area (Å²) in [5.41, 5.74) is 1.35. The minimum Gasteiger partial charge on any atom is -0.396 e. The van der Waals surface area contributed by atoms with E-state index >= 15 is 0 Å². The number of rotatable bonds is 11. The van der Waals surface area contributed by atoms with Gasteiger partial charge in [-0.05, 0) is 63.5 Å². The second kappa shape index (κ2) is 11.3. The SMILES string of the molecule is CC(C)=CCCC(C)CC=CC(C)C(CCO)S(=O)(=O)c1ccccc1. The van der Waals surface area contributed by atoms with Gasteiger partial charge in [-0.1, -0.05) is 55.8 Å². The molecule has 0 aromatic heterocycles. The van der Waals surface area contributed by atoms with Gasteiger partial charge in [0.2, 0.25) is 0 Å². The summed E-state index contributed by atoms with van der Waals surface area (Å²) in [7, 11) is -3.46. The van der Waals surface area contributed by atoms with Crippen LogP contribution < -0.4 is 0 Å². The maximum atomic E-state index is 12.9. The van der Waals surface area contributed by atoms with Gasteiger partial charge in [0.25, 0.3) is 0 Å². The highest BCUT2D eigenvalue weighted by molar-refractivity contribution is 7.92. The van der Waals surface area contributed by atoms with Crippen LogP contribution in [0.4, 0.5) is 0 Å². The smallest absolute Gasteiger partial charge is 0.181 e. The van der Waals surface area contributed by atoms with E-state index in [4.69, 9.17) is 0 Å². The van der Waals surface area contributed by atoms with Crippen molar-refractivity contribution in [3.05, 3.63) is 54.1 Å². The summed E-state index contributed by atoms with van der Waals surface area (Å²) in [6.45, 7) is 8.24. The van der Waals surface area contributed by atoms with Gasteiger partial charge in [0, 0.05) is 6.61 Å². The normalized spacial score (nSPS) is 15.6. The Hall–Kier alpha value is -1.39. The molecule has 1 aromatic rings. The van der Waals surface area contributed by atoms with E-state index in [1.165, 1.54) is 5.57 Å². The molecule has 0 bridgehead atoms. The van der Waals surface area contributed by atoms with Crippen LogP contribution in [-0.4, -0.2) is 25.4 Å². The summed E-state index contributed by atoms with van der Waals surface area (Å²) in [6.07, 6.45) is 9.76. The second-order valence-electron chi connectivity index (χ2n) is 7.40. The van der Waals surface area contributed by atoms with Gasteiger partial charge in [-0.2, -0.15) is 0 Å². The van der Waals surface area contributed by atoms with E-state index < -0.39 is 15.1 Å². The molecule has 26 heavy (non-hydrogen) atoms. The van der Waals surface area contributed by atoms with Gasteiger partial charge < -0.3 is 5.11 Å². The zero-order valence-corrected chi connectivity index (χ0v) is 17.4. The molecule has 1 rings (SSSR count). The molecule has 0 radical (unpaired) electrons. The third-order valence-corrected chi connectivity index (χ3v) is 7.05. The molecule has 0 aliphatic rings. The fourth-order valence-corrected chi connectivity index (χ4v) is 4.99. The van der Waals surface area contributed by atoms with E-state index in [0.29, 0.717) is 10.8 Å². The van der Waals surface area contributed by atoms with Crippen molar-refractivity contribution >= 4 is 9.84 Å². The fourth-order valence-electron chi connectivity index (χ4n) is 3.04. The van der Waals surface area contributed by atoms with E-state index in [-0.39, 0.29) is 18.9 Å².